The van der Waals surface area contributed by atoms with Gasteiger partial charge >= 0.3 is 0 Å². The molecule has 0 aromatic heterocycles. The van der Waals surface area contributed by atoms with E-state index in [0.29, 0.717) is 25.3 Å². The van der Waals surface area contributed by atoms with Gasteiger partial charge in [0.05, 0.1) is 18.3 Å². The molecule has 1 unspecified atom stereocenters. The summed E-state index contributed by atoms with van der Waals surface area (Å²) in [6, 6.07) is -0.636. The number of rotatable bonds is 8. The second-order valence-electron chi connectivity index (χ2n) is 4.30. The standard InChI is InChI=1S/C11H23N5O2S/c1-16(2)11(13)14-5-3-4-9(12)10(18)15-6-8(17)7-19/h9,19H,3-7,12H2,1-2H3,(H2,13,14)(H,15,18). The Labute approximate surface area is 119 Å². The topological polar surface area (TPSA) is 114 Å². The van der Waals surface area contributed by atoms with Crippen molar-refractivity contribution in [2.75, 3.05) is 32.9 Å². The van der Waals surface area contributed by atoms with Gasteiger partial charge in [-0.2, -0.15) is 12.6 Å². The molecule has 0 saturated heterocycles. The first-order valence-electron chi connectivity index (χ1n) is 6.01. The van der Waals surface area contributed by atoms with Crippen LogP contribution in [-0.4, -0.2) is 61.5 Å². The molecule has 0 aliphatic carbocycles. The van der Waals surface area contributed by atoms with E-state index in [0.717, 1.165) is 0 Å². The van der Waals surface area contributed by atoms with Crippen molar-refractivity contribution >= 4 is 30.3 Å². The molecule has 0 spiro atoms. The van der Waals surface area contributed by atoms with Crippen molar-refractivity contribution in [3.63, 3.8) is 0 Å². The molecule has 0 aliphatic rings. The zero-order chi connectivity index (χ0) is 14.8. The lowest BCUT2D eigenvalue weighted by molar-refractivity contribution is -0.125. The number of carbonyl (C=O) groups excluding carboxylic acids is 2. The van der Waals surface area contributed by atoms with Crippen molar-refractivity contribution in [2.45, 2.75) is 18.9 Å². The number of nitrogens with zero attached hydrogens (tertiary/aromatic N) is 2. The zero-order valence-corrected chi connectivity index (χ0v) is 12.3. The van der Waals surface area contributed by atoms with Crippen LogP contribution in [-0.2, 0) is 9.59 Å². The number of Topliss-reactive ketones (excluding diaryl/α,β-unsaturated/α-hetero) is 1. The van der Waals surface area contributed by atoms with Gasteiger partial charge in [-0.1, -0.05) is 0 Å². The molecule has 110 valence electrons. The van der Waals surface area contributed by atoms with E-state index in [1.165, 1.54) is 0 Å². The van der Waals surface area contributed by atoms with Crippen LogP contribution in [0, 0.1) is 0 Å². The van der Waals surface area contributed by atoms with Gasteiger partial charge in [-0.25, -0.2) is 0 Å². The Kier molecular flexibility index (Phi) is 8.98. The van der Waals surface area contributed by atoms with Crippen LogP contribution >= 0.6 is 12.6 Å². The van der Waals surface area contributed by atoms with Crippen LogP contribution in [0.5, 0.6) is 0 Å². The lowest BCUT2D eigenvalue weighted by Gasteiger charge is -2.12. The number of aliphatic imine (C=N–C) groups is 1. The van der Waals surface area contributed by atoms with Crippen molar-refractivity contribution in [3.05, 3.63) is 0 Å². The number of guanidine groups is 1. The predicted octanol–water partition coefficient (Wildman–Crippen LogP) is -1.41. The van der Waals surface area contributed by atoms with E-state index in [2.05, 4.69) is 22.9 Å². The minimum absolute atomic E-state index is 0.0260. The van der Waals surface area contributed by atoms with Gasteiger partial charge in [0, 0.05) is 20.6 Å². The molecule has 19 heavy (non-hydrogen) atoms. The average Bonchev–Trinajstić information content (AvgIpc) is 2.39. The van der Waals surface area contributed by atoms with Gasteiger partial charge in [0.2, 0.25) is 5.91 Å². The maximum atomic E-state index is 11.5. The number of carbonyl (C=O) groups is 2. The van der Waals surface area contributed by atoms with Crippen LogP contribution in [0.2, 0.25) is 0 Å². The van der Waals surface area contributed by atoms with Crippen LogP contribution in [0.15, 0.2) is 4.99 Å². The lowest BCUT2D eigenvalue weighted by atomic mass is 10.1. The van der Waals surface area contributed by atoms with Crippen LogP contribution < -0.4 is 16.8 Å². The quantitative estimate of drug-likeness (QED) is 0.190. The highest BCUT2D eigenvalue weighted by atomic mass is 32.1. The van der Waals surface area contributed by atoms with Gasteiger partial charge in [0.25, 0.3) is 0 Å². The summed E-state index contributed by atoms with van der Waals surface area (Å²) in [6.45, 7) is 0.488. The number of nitrogens with one attached hydrogen (secondary N) is 1. The molecular weight excluding hydrogens is 266 g/mol. The van der Waals surface area contributed by atoms with Crippen LogP contribution in [0.4, 0.5) is 0 Å². The van der Waals surface area contributed by atoms with E-state index in [1.54, 1.807) is 19.0 Å². The minimum Gasteiger partial charge on any atom is -0.370 e. The molecule has 7 nitrogen and oxygen atoms in total. The van der Waals surface area contributed by atoms with E-state index in [9.17, 15) is 9.59 Å². The molecule has 0 heterocycles. The SMILES string of the molecule is CN(C)C(N)=NCCCC(N)C(=O)NCC(=O)CS. The molecular formula is C11H23N5O2S. The van der Waals surface area contributed by atoms with Crippen molar-refractivity contribution in [1.82, 2.24) is 10.2 Å². The summed E-state index contributed by atoms with van der Waals surface area (Å²) in [5, 5.41) is 2.47. The molecule has 0 aromatic rings. The Hall–Kier alpha value is -1.28. The summed E-state index contributed by atoms with van der Waals surface area (Å²) in [7, 11) is 3.60. The van der Waals surface area contributed by atoms with Gasteiger partial charge in [-0.3, -0.25) is 14.6 Å². The number of amides is 1. The van der Waals surface area contributed by atoms with Crippen LogP contribution in [0.25, 0.3) is 0 Å². The van der Waals surface area contributed by atoms with Crippen LogP contribution in [0.1, 0.15) is 12.8 Å². The molecule has 0 aliphatic heterocycles. The van der Waals surface area contributed by atoms with E-state index < -0.39 is 6.04 Å². The molecule has 0 saturated carbocycles. The maximum Gasteiger partial charge on any atom is 0.237 e. The third kappa shape index (κ3) is 8.44. The first kappa shape index (κ1) is 17.7. The first-order chi connectivity index (χ1) is 8.88. The first-order valence-corrected chi connectivity index (χ1v) is 6.64. The lowest BCUT2D eigenvalue weighted by Crippen LogP contribution is -2.42. The second kappa shape index (κ2) is 9.62. The largest absolute Gasteiger partial charge is 0.370 e. The maximum absolute atomic E-state index is 11.5. The molecule has 0 aromatic carbocycles. The summed E-state index contributed by atoms with van der Waals surface area (Å²) in [4.78, 5) is 28.3. The summed E-state index contributed by atoms with van der Waals surface area (Å²) >= 11 is 3.81. The Morgan fingerprint density at radius 1 is 1.42 bits per heavy atom. The highest BCUT2D eigenvalue weighted by molar-refractivity contribution is 7.81. The third-order valence-electron chi connectivity index (χ3n) is 2.38. The smallest absolute Gasteiger partial charge is 0.237 e. The van der Waals surface area contributed by atoms with E-state index in [-0.39, 0.29) is 24.0 Å². The summed E-state index contributed by atoms with van der Waals surface area (Å²) in [5.74, 6) is 0.0675. The fraction of sp³-hybridized carbons (Fsp3) is 0.727. The Balaban J connectivity index is 3.85. The number of hydrogen-bond donors (Lipinski definition) is 4. The van der Waals surface area contributed by atoms with Gasteiger partial charge in [-0.15, -0.1) is 0 Å². The third-order valence-corrected chi connectivity index (χ3v) is 2.73. The number of thiol groups is 1. The fourth-order valence-corrected chi connectivity index (χ4v) is 1.26. The normalized spacial score (nSPS) is 12.9. The monoisotopic (exact) mass is 289 g/mol. The highest BCUT2D eigenvalue weighted by Gasteiger charge is 2.13. The zero-order valence-electron chi connectivity index (χ0n) is 11.4. The molecule has 1 amide bonds. The number of hydrogen-bond acceptors (Lipinski definition) is 5. The predicted molar refractivity (Wildman–Crippen MR) is 79.3 cm³/mol. The number of ketones is 1. The summed E-state index contributed by atoms with van der Waals surface area (Å²) < 4.78 is 0. The Bertz CT molecular complexity index is 333. The van der Waals surface area contributed by atoms with Gasteiger partial charge in [0.1, 0.15) is 0 Å². The molecule has 0 fully saturated rings. The summed E-state index contributed by atoms with van der Waals surface area (Å²) in [6.07, 6.45) is 1.15. The van der Waals surface area contributed by atoms with E-state index >= 15 is 0 Å². The second-order valence-corrected chi connectivity index (χ2v) is 4.61. The van der Waals surface area contributed by atoms with Crippen molar-refractivity contribution < 1.29 is 9.59 Å². The fourth-order valence-electron chi connectivity index (χ4n) is 1.15. The van der Waals surface area contributed by atoms with E-state index in [1.807, 2.05) is 0 Å². The average molecular weight is 289 g/mol. The highest BCUT2D eigenvalue weighted by Crippen LogP contribution is 1.96. The Morgan fingerprint density at radius 2 is 2.05 bits per heavy atom. The van der Waals surface area contributed by atoms with Gasteiger partial charge < -0.3 is 21.7 Å². The van der Waals surface area contributed by atoms with E-state index in [4.69, 9.17) is 11.5 Å². The van der Waals surface area contributed by atoms with Crippen molar-refractivity contribution in [1.29, 1.82) is 0 Å². The van der Waals surface area contributed by atoms with Gasteiger partial charge in [-0.05, 0) is 12.8 Å². The van der Waals surface area contributed by atoms with Crippen molar-refractivity contribution in [2.24, 2.45) is 16.5 Å². The summed E-state index contributed by atoms with van der Waals surface area (Å²) in [5.41, 5.74) is 11.3. The number of nitrogens with two attached hydrogens (primary N) is 2. The molecule has 0 rings (SSSR count). The molecule has 0 radical (unpaired) electrons. The Morgan fingerprint density at radius 3 is 2.58 bits per heavy atom. The minimum atomic E-state index is -0.636. The molecule has 5 N–H and O–H groups in total. The molecule has 1 atom stereocenters. The molecule has 8 heteroatoms. The van der Waals surface area contributed by atoms with Crippen molar-refractivity contribution in [3.8, 4) is 0 Å². The van der Waals surface area contributed by atoms with Gasteiger partial charge in [0.15, 0.2) is 11.7 Å². The van der Waals surface area contributed by atoms with Crippen LogP contribution in [0.3, 0.4) is 0 Å². The molecule has 0 bridgehead atoms.